The number of aromatic nitrogens is 2. The fourth-order valence-corrected chi connectivity index (χ4v) is 1.90. The Morgan fingerprint density at radius 2 is 1.95 bits per heavy atom. The Balaban J connectivity index is 2.17. The fourth-order valence-electron chi connectivity index (χ4n) is 1.90. The molecule has 3 aromatic rings. The third kappa shape index (κ3) is 2.09. The molecule has 98 valence electrons. The second kappa shape index (κ2) is 4.70. The zero-order chi connectivity index (χ0) is 14.1. The van der Waals surface area contributed by atoms with Crippen LogP contribution in [-0.2, 0) is 0 Å². The third-order valence-electron chi connectivity index (χ3n) is 2.89. The highest BCUT2D eigenvalue weighted by Gasteiger charge is 2.16. The zero-order valence-electron chi connectivity index (χ0n) is 10.7. The molecule has 0 spiro atoms. The minimum atomic E-state index is -0.690. The number of hydrogen-bond acceptors (Lipinski definition) is 5. The number of carbonyl (C=O) groups excluding carboxylic acids is 1. The number of carbonyl (C=O) groups is 1. The van der Waals surface area contributed by atoms with Gasteiger partial charge in [-0.15, -0.1) is 0 Å². The first-order valence-corrected chi connectivity index (χ1v) is 6.02. The van der Waals surface area contributed by atoms with E-state index >= 15 is 0 Å². The highest BCUT2D eigenvalue weighted by Crippen LogP contribution is 2.13. The van der Waals surface area contributed by atoms with Crippen molar-refractivity contribution in [2.75, 3.05) is 0 Å². The van der Waals surface area contributed by atoms with Gasteiger partial charge in [0.05, 0.1) is 5.39 Å². The zero-order valence-corrected chi connectivity index (χ0v) is 10.7. The summed E-state index contributed by atoms with van der Waals surface area (Å²) < 4.78 is 5.09. The molecule has 0 aliphatic rings. The Kier molecular flexibility index (Phi) is 2.87. The summed E-state index contributed by atoms with van der Waals surface area (Å²) in [5.41, 5.74) is -0.0834. The fraction of sp³-hybridized carbons (Fsp3) is 0.0667. The van der Waals surface area contributed by atoms with Crippen LogP contribution in [0, 0.1) is 6.92 Å². The average molecular weight is 266 g/mol. The van der Waals surface area contributed by atoms with Gasteiger partial charge in [0.15, 0.2) is 5.78 Å². The lowest BCUT2D eigenvalue weighted by Gasteiger charge is -2.01. The number of aryl methyl sites for hydroxylation is 1. The van der Waals surface area contributed by atoms with Gasteiger partial charge < -0.3 is 4.42 Å². The van der Waals surface area contributed by atoms with E-state index in [1.54, 1.807) is 37.3 Å². The molecule has 20 heavy (non-hydrogen) atoms. The van der Waals surface area contributed by atoms with Crippen LogP contribution in [0.2, 0.25) is 0 Å². The van der Waals surface area contributed by atoms with Crippen molar-refractivity contribution in [2.24, 2.45) is 0 Å². The SMILES string of the molecule is Cc1ncc2cc(C(=O)c3ccccc3)c(=O)oc2n1. The molecule has 0 amide bonds. The van der Waals surface area contributed by atoms with Crippen LogP contribution in [0.25, 0.3) is 11.1 Å². The van der Waals surface area contributed by atoms with Gasteiger partial charge in [0, 0.05) is 11.8 Å². The van der Waals surface area contributed by atoms with Crippen molar-refractivity contribution in [3.8, 4) is 0 Å². The number of ketones is 1. The van der Waals surface area contributed by atoms with E-state index in [0.29, 0.717) is 16.8 Å². The van der Waals surface area contributed by atoms with E-state index in [1.165, 1.54) is 12.3 Å². The predicted molar refractivity (Wildman–Crippen MR) is 72.7 cm³/mol. The van der Waals surface area contributed by atoms with Crippen molar-refractivity contribution in [1.82, 2.24) is 9.97 Å². The molecule has 0 aliphatic heterocycles. The topological polar surface area (TPSA) is 73.1 Å². The summed E-state index contributed by atoms with van der Waals surface area (Å²) in [6.07, 6.45) is 1.53. The monoisotopic (exact) mass is 266 g/mol. The van der Waals surface area contributed by atoms with Crippen LogP contribution in [0.1, 0.15) is 21.7 Å². The Morgan fingerprint density at radius 3 is 2.70 bits per heavy atom. The van der Waals surface area contributed by atoms with Gasteiger partial charge in [-0.3, -0.25) is 4.79 Å². The molecule has 0 N–H and O–H groups in total. The summed E-state index contributed by atoms with van der Waals surface area (Å²) in [6.45, 7) is 1.70. The molecule has 0 atom stereocenters. The summed E-state index contributed by atoms with van der Waals surface area (Å²) in [5.74, 6) is 0.129. The van der Waals surface area contributed by atoms with Gasteiger partial charge in [0.2, 0.25) is 5.71 Å². The van der Waals surface area contributed by atoms with Crippen LogP contribution in [0.4, 0.5) is 0 Å². The molecule has 5 heteroatoms. The lowest BCUT2D eigenvalue weighted by Crippen LogP contribution is -2.15. The summed E-state index contributed by atoms with van der Waals surface area (Å²) in [7, 11) is 0. The summed E-state index contributed by atoms with van der Waals surface area (Å²) in [6, 6.07) is 10.0. The van der Waals surface area contributed by atoms with Gasteiger partial charge in [-0.05, 0) is 13.0 Å². The van der Waals surface area contributed by atoms with Gasteiger partial charge in [0.1, 0.15) is 11.4 Å². The molecular formula is C15H10N2O3. The lowest BCUT2D eigenvalue weighted by atomic mass is 10.0. The second-order valence-electron chi connectivity index (χ2n) is 4.32. The van der Waals surface area contributed by atoms with Crippen molar-refractivity contribution in [1.29, 1.82) is 0 Å². The minimum Gasteiger partial charge on any atom is -0.403 e. The van der Waals surface area contributed by atoms with E-state index in [4.69, 9.17) is 4.42 Å². The van der Waals surface area contributed by atoms with Crippen LogP contribution < -0.4 is 5.63 Å². The molecule has 3 rings (SSSR count). The number of fused-ring (bicyclic) bond motifs is 1. The van der Waals surface area contributed by atoms with Crippen LogP contribution >= 0.6 is 0 Å². The Labute approximate surface area is 113 Å². The number of benzene rings is 1. The maximum absolute atomic E-state index is 12.3. The van der Waals surface area contributed by atoms with E-state index < -0.39 is 5.63 Å². The third-order valence-corrected chi connectivity index (χ3v) is 2.89. The lowest BCUT2D eigenvalue weighted by molar-refractivity contribution is 0.103. The van der Waals surface area contributed by atoms with Crippen molar-refractivity contribution < 1.29 is 9.21 Å². The first kappa shape index (κ1) is 12.2. The van der Waals surface area contributed by atoms with Crippen LogP contribution in [0.5, 0.6) is 0 Å². The highest BCUT2D eigenvalue weighted by atomic mass is 16.4. The average Bonchev–Trinajstić information content (AvgIpc) is 2.46. The quantitative estimate of drug-likeness (QED) is 0.664. The van der Waals surface area contributed by atoms with Gasteiger partial charge in [-0.1, -0.05) is 30.3 Å². The molecule has 0 unspecified atom stereocenters. The van der Waals surface area contributed by atoms with Crippen LogP contribution in [-0.4, -0.2) is 15.8 Å². The molecule has 2 heterocycles. The Morgan fingerprint density at radius 1 is 1.20 bits per heavy atom. The maximum Gasteiger partial charge on any atom is 0.348 e. The molecule has 0 radical (unpaired) electrons. The summed E-state index contributed by atoms with van der Waals surface area (Å²) >= 11 is 0. The standard InChI is InChI=1S/C15H10N2O3/c1-9-16-8-11-7-12(15(19)20-14(11)17-9)13(18)10-5-3-2-4-6-10/h2-8H,1H3. The molecule has 0 fully saturated rings. The van der Waals surface area contributed by atoms with Crippen molar-refractivity contribution in [2.45, 2.75) is 6.92 Å². The van der Waals surface area contributed by atoms with Gasteiger partial charge >= 0.3 is 5.63 Å². The Hall–Kier alpha value is -2.82. The summed E-state index contributed by atoms with van der Waals surface area (Å²) in [4.78, 5) is 32.2. The van der Waals surface area contributed by atoms with E-state index in [0.717, 1.165) is 0 Å². The van der Waals surface area contributed by atoms with E-state index in [1.807, 2.05) is 0 Å². The minimum absolute atomic E-state index is 0.0175. The molecule has 0 saturated heterocycles. The molecule has 0 saturated carbocycles. The van der Waals surface area contributed by atoms with Gasteiger partial charge in [-0.2, -0.15) is 4.98 Å². The first-order chi connectivity index (χ1) is 9.65. The van der Waals surface area contributed by atoms with Gasteiger partial charge in [-0.25, -0.2) is 9.78 Å². The highest BCUT2D eigenvalue weighted by molar-refractivity contribution is 6.09. The summed E-state index contributed by atoms with van der Waals surface area (Å²) in [5, 5.41) is 0.523. The van der Waals surface area contributed by atoms with Crippen molar-refractivity contribution >= 4 is 16.9 Å². The number of rotatable bonds is 2. The number of nitrogens with zero attached hydrogens (tertiary/aromatic N) is 2. The second-order valence-corrected chi connectivity index (χ2v) is 4.32. The molecule has 0 aliphatic carbocycles. The molecular weight excluding hydrogens is 256 g/mol. The normalized spacial score (nSPS) is 10.7. The van der Waals surface area contributed by atoms with Crippen LogP contribution in [0.3, 0.4) is 0 Å². The smallest absolute Gasteiger partial charge is 0.348 e. The molecule has 2 aromatic heterocycles. The molecule has 5 nitrogen and oxygen atoms in total. The Bertz CT molecular complexity index is 854. The van der Waals surface area contributed by atoms with E-state index in [9.17, 15) is 9.59 Å². The first-order valence-electron chi connectivity index (χ1n) is 6.02. The van der Waals surface area contributed by atoms with E-state index in [-0.39, 0.29) is 17.1 Å². The maximum atomic E-state index is 12.3. The largest absolute Gasteiger partial charge is 0.403 e. The van der Waals surface area contributed by atoms with Crippen LogP contribution in [0.15, 0.2) is 51.8 Å². The van der Waals surface area contributed by atoms with Crippen molar-refractivity contribution in [3.63, 3.8) is 0 Å². The van der Waals surface area contributed by atoms with Gasteiger partial charge in [0.25, 0.3) is 0 Å². The number of hydrogen-bond donors (Lipinski definition) is 0. The molecule has 1 aromatic carbocycles. The predicted octanol–water partition coefficient (Wildman–Crippen LogP) is 2.12. The van der Waals surface area contributed by atoms with E-state index in [2.05, 4.69) is 9.97 Å². The van der Waals surface area contributed by atoms with Crippen molar-refractivity contribution in [3.05, 3.63) is 70.0 Å². The molecule has 0 bridgehead atoms.